The monoisotopic (exact) mass is 455 g/mol. The van der Waals surface area contributed by atoms with Crippen LogP contribution < -0.4 is 0 Å². The van der Waals surface area contributed by atoms with E-state index in [1.54, 1.807) is 17.8 Å². The summed E-state index contributed by atoms with van der Waals surface area (Å²) in [5.74, 6) is 0.818. The van der Waals surface area contributed by atoms with E-state index in [1.807, 2.05) is 12.1 Å². The predicted molar refractivity (Wildman–Crippen MR) is 134 cm³/mol. The molecule has 3 aromatic rings. The fourth-order valence-corrected chi connectivity index (χ4v) is 4.71. The molecule has 0 aliphatic carbocycles. The maximum Gasteiger partial charge on any atom is 0.0461 e. The average Bonchev–Trinajstić information content (AvgIpc) is 2.77. The van der Waals surface area contributed by atoms with Crippen molar-refractivity contribution < 1.29 is 0 Å². The van der Waals surface area contributed by atoms with Crippen molar-refractivity contribution in [2.45, 2.75) is 24.5 Å². The number of likely N-dealkylation sites (N-methyl/N-ethyl adjacent to an activating group) is 1. The largest absolute Gasteiger partial charge is 0.300 e. The van der Waals surface area contributed by atoms with E-state index in [2.05, 4.69) is 79.4 Å². The summed E-state index contributed by atoms with van der Waals surface area (Å²) < 4.78 is 0. The molecule has 0 atom stereocenters. The highest BCUT2D eigenvalue weighted by Gasteiger charge is 2.07. The Labute approximate surface area is 194 Å². The van der Waals surface area contributed by atoms with E-state index in [4.69, 9.17) is 23.2 Å². The Bertz CT molecular complexity index is 964. The summed E-state index contributed by atoms with van der Waals surface area (Å²) >= 11 is 14.1. The molecule has 0 saturated heterocycles. The highest BCUT2D eigenvalue weighted by Crippen LogP contribution is 2.30. The van der Waals surface area contributed by atoms with Crippen molar-refractivity contribution in [3.8, 4) is 0 Å². The molecule has 0 unspecified atom stereocenters. The van der Waals surface area contributed by atoms with Crippen LogP contribution in [0.15, 0.2) is 83.8 Å². The molecule has 1 nitrogen and oxygen atoms in total. The summed E-state index contributed by atoms with van der Waals surface area (Å²) in [7, 11) is 0. The molecule has 3 aromatic carbocycles. The first kappa shape index (κ1) is 23.0. The Morgan fingerprint density at radius 2 is 1.53 bits per heavy atom. The van der Waals surface area contributed by atoms with Gasteiger partial charge in [0.05, 0.1) is 0 Å². The fraction of sp³-hybridized carbons (Fsp3) is 0.231. The number of hydrogen-bond donors (Lipinski definition) is 0. The standard InChI is InChI=1S/C26H27Cl2NS/c1-3-29(4-2)17-16-25(20-8-6-5-7-9-20)21-11-14-24(15-12-21)30-19-22-10-13-23(27)18-26(22)28/h5-16,18H,3-4,17,19H2,1-2H3. The molecule has 0 radical (unpaired) electrons. The van der Waals surface area contributed by atoms with Gasteiger partial charge in [-0.25, -0.2) is 0 Å². The van der Waals surface area contributed by atoms with Crippen LogP contribution in [0.1, 0.15) is 30.5 Å². The zero-order chi connectivity index (χ0) is 21.3. The van der Waals surface area contributed by atoms with E-state index in [1.165, 1.54) is 21.6 Å². The molecule has 4 heteroatoms. The van der Waals surface area contributed by atoms with E-state index >= 15 is 0 Å². The molecule has 0 N–H and O–H groups in total. The van der Waals surface area contributed by atoms with Gasteiger partial charge < -0.3 is 4.90 Å². The summed E-state index contributed by atoms with van der Waals surface area (Å²) in [6.07, 6.45) is 2.35. The molecule has 0 heterocycles. The van der Waals surface area contributed by atoms with E-state index in [0.29, 0.717) is 5.02 Å². The number of halogens is 2. The van der Waals surface area contributed by atoms with Gasteiger partial charge in [-0.15, -0.1) is 11.8 Å². The predicted octanol–water partition coefficient (Wildman–Crippen LogP) is 8.06. The van der Waals surface area contributed by atoms with Crippen molar-refractivity contribution in [1.29, 1.82) is 0 Å². The number of benzene rings is 3. The van der Waals surface area contributed by atoms with Gasteiger partial charge in [0.2, 0.25) is 0 Å². The van der Waals surface area contributed by atoms with Gasteiger partial charge in [0, 0.05) is 27.2 Å². The lowest BCUT2D eigenvalue weighted by Gasteiger charge is -2.17. The van der Waals surface area contributed by atoms with Crippen LogP contribution >= 0.6 is 35.0 Å². The van der Waals surface area contributed by atoms with Gasteiger partial charge in [-0.2, -0.15) is 0 Å². The molecule has 0 fully saturated rings. The molecular formula is C26H27Cl2NS. The summed E-state index contributed by atoms with van der Waals surface area (Å²) in [5.41, 5.74) is 4.86. The SMILES string of the molecule is CCN(CC)CC=C(c1ccccc1)c1ccc(SCc2ccc(Cl)cc2Cl)cc1. The second-order valence-electron chi connectivity index (χ2n) is 7.02. The van der Waals surface area contributed by atoms with Crippen molar-refractivity contribution in [3.63, 3.8) is 0 Å². The Morgan fingerprint density at radius 1 is 0.867 bits per heavy atom. The van der Waals surface area contributed by atoms with Crippen molar-refractivity contribution in [2.75, 3.05) is 19.6 Å². The minimum atomic E-state index is 0.669. The molecule has 0 aliphatic heterocycles. The maximum atomic E-state index is 6.31. The number of rotatable bonds is 9. The first-order valence-electron chi connectivity index (χ1n) is 10.3. The molecule has 0 saturated carbocycles. The third-order valence-corrected chi connectivity index (χ3v) is 6.76. The van der Waals surface area contributed by atoms with Crippen LogP contribution in [-0.2, 0) is 5.75 Å². The number of nitrogens with zero attached hydrogens (tertiary/aromatic N) is 1. The molecule has 0 aromatic heterocycles. The summed E-state index contributed by atoms with van der Waals surface area (Å²) in [5, 5.41) is 1.39. The van der Waals surface area contributed by atoms with Gasteiger partial charge in [-0.3, -0.25) is 0 Å². The zero-order valence-corrected chi connectivity index (χ0v) is 19.8. The van der Waals surface area contributed by atoms with Gasteiger partial charge in [0.15, 0.2) is 0 Å². The Hall–Kier alpha value is -1.71. The van der Waals surface area contributed by atoms with Crippen LogP contribution in [0.2, 0.25) is 10.0 Å². The van der Waals surface area contributed by atoms with Gasteiger partial charge in [-0.1, -0.05) is 91.7 Å². The Balaban J connectivity index is 1.77. The van der Waals surface area contributed by atoms with Gasteiger partial charge in [-0.05, 0) is 59.6 Å². The quantitative estimate of drug-likeness (QED) is 0.300. The van der Waals surface area contributed by atoms with Gasteiger partial charge in [0.25, 0.3) is 0 Å². The Kier molecular flexibility index (Phi) is 8.89. The lowest BCUT2D eigenvalue weighted by atomic mass is 9.97. The third-order valence-electron chi connectivity index (χ3n) is 5.11. The van der Waals surface area contributed by atoms with Crippen LogP contribution in [0.4, 0.5) is 0 Å². The van der Waals surface area contributed by atoms with E-state index in [9.17, 15) is 0 Å². The van der Waals surface area contributed by atoms with Crippen LogP contribution in [0.25, 0.3) is 5.57 Å². The third kappa shape index (κ3) is 6.39. The molecule has 0 aliphatic rings. The van der Waals surface area contributed by atoms with Crippen molar-refractivity contribution in [3.05, 3.63) is 106 Å². The molecule has 30 heavy (non-hydrogen) atoms. The molecule has 3 rings (SSSR count). The first-order chi connectivity index (χ1) is 14.6. The van der Waals surface area contributed by atoms with Crippen LogP contribution in [0.3, 0.4) is 0 Å². The van der Waals surface area contributed by atoms with Crippen LogP contribution in [0, 0.1) is 0 Å². The maximum absolute atomic E-state index is 6.31. The summed E-state index contributed by atoms with van der Waals surface area (Å²) in [6, 6.07) is 25.1. The lowest BCUT2D eigenvalue weighted by Crippen LogP contribution is -2.22. The van der Waals surface area contributed by atoms with Crippen molar-refractivity contribution in [1.82, 2.24) is 4.90 Å². The normalized spacial score (nSPS) is 11.8. The van der Waals surface area contributed by atoms with E-state index in [0.717, 1.165) is 36.0 Å². The Morgan fingerprint density at radius 3 is 2.17 bits per heavy atom. The molecule has 0 amide bonds. The van der Waals surface area contributed by atoms with Crippen LogP contribution in [-0.4, -0.2) is 24.5 Å². The number of hydrogen-bond acceptors (Lipinski definition) is 2. The highest BCUT2D eigenvalue weighted by molar-refractivity contribution is 7.98. The van der Waals surface area contributed by atoms with Crippen LogP contribution in [0.5, 0.6) is 0 Å². The minimum Gasteiger partial charge on any atom is -0.300 e. The highest BCUT2D eigenvalue weighted by atomic mass is 35.5. The second-order valence-corrected chi connectivity index (χ2v) is 8.91. The molecule has 0 bridgehead atoms. The second kappa shape index (κ2) is 11.6. The zero-order valence-electron chi connectivity index (χ0n) is 17.4. The van der Waals surface area contributed by atoms with E-state index in [-0.39, 0.29) is 0 Å². The summed E-state index contributed by atoms with van der Waals surface area (Å²) in [4.78, 5) is 3.64. The van der Waals surface area contributed by atoms with Crippen molar-refractivity contribution in [2.24, 2.45) is 0 Å². The van der Waals surface area contributed by atoms with Gasteiger partial charge in [0.1, 0.15) is 0 Å². The van der Waals surface area contributed by atoms with E-state index < -0.39 is 0 Å². The first-order valence-corrected chi connectivity index (χ1v) is 12.0. The minimum absolute atomic E-state index is 0.669. The lowest BCUT2D eigenvalue weighted by molar-refractivity contribution is 0.337. The topological polar surface area (TPSA) is 3.24 Å². The van der Waals surface area contributed by atoms with Crippen molar-refractivity contribution >= 4 is 40.5 Å². The number of thioether (sulfide) groups is 1. The molecule has 156 valence electrons. The fourth-order valence-electron chi connectivity index (χ4n) is 3.25. The van der Waals surface area contributed by atoms with Gasteiger partial charge >= 0.3 is 0 Å². The smallest absolute Gasteiger partial charge is 0.0461 e. The molecule has 0 spiro atoms. The summed E-state index contributed by atoms with van der Waals surface area (Å²) in [6.45, 7) is 7.47. The molecular weight excluding hydrogens is 429 g/mol. The average molecular weight is 456 g/mol.